The number of carbonyl (C=O) groups excluding carboxylic acids is 1. The van der Waals surface area contributed by atoms with Crippen molar-refractivity contribution >= 4 is 34.3 Å². The molecule has 0 atom stereocenters. The summed E-state index contributed by atoms with van der Waals surface area (Å²) >= 11 is 1.21. The lowest BCUT2D eigenvalue weighted by molar-refractivity contribution is -0.645. The summed E-state index contributed by atoms with van der Waals surface area (Å²) < 4.78 is 0.757. The van der Waals surface area contributed by atoms with Crippen molar-refractivity contribution < 1.29 is 9.52 Å². The molecule has 1 aromatic carbocycles. The van der Waals surface area contributed by atoms with Gasteiger partial charge in [-0.25, -0.2) is 0 Å². The van der Waals surface area contributed by atoms with Crippen molar-refractivity contribution in [3.05, 3.63) is 59.6 Å². The first-order valence-corrected chi connectivity index (χ1v) is 7.80. The average Bonchev–Trinajstić information content (AvgIpc) is 2.86. The van der Waals surface area contributed by atoms with Gasteiger partial charge in [-0.05, 0) is 49.0 Å². The molecule has 0 aliphatic heterocycles. The molecular weight excluding hydrogens is 298 g/mol. The summed E-state index contributed by atoms with van der Waals surface area (Å²) in [7, 11) is 0. The number of anilines is 1. The molecule has 2 aromatic heterocycles. The van der Waals surface area contributed by atoms with Crippen molar-refractivity contribution in [3.8, 4) is 0 Å². The number of aryl methyl sites for hydroxylation is 1. The van der Waals surface area contributed by atoms with Crippen LogP contribution in [-0.2, 0) is 4.79 Å². The van der Waals surface area contributed by atoms with E-state index in [-0.39, 0.29) is 11.7 Å². The predicted molar refractivity (Wildman–Crippen MR) is 87.8 cm³/mol. The molecule has 0 bridgehead atoms. The van der Waals surface area contributed by atoms with E-state index in [1.807, 2.05) is 31.2 Å². The number of benzene rings is 1. The van der Waals surface area contributed by atoms with Crippen LogP contribution in [-0.4, -0.2) is 16.6 Å². The number of aromatic nitrogens is 2. The van der Waals surface area contributed by atoms with Crippen LogP contribution in [0.2, 0.25) is 0 Å². The van der Waals surface area contributed by atoms with E-state index in [0.29, 0.717) is 5.03 Å². The minimum absolute atomic E-state index is 0.138. The maximum absolute atomic E-state index is 12.0. The van der Waals surface area contributed by atoms with Gasteiger partial charge in [0, 0.05) is 34.4 Å². The van der Waals surface area contributed by atoms with Gasteiger partial charge >= 0.3 is 0 Å². The van der Waals surface area contributed by atoms with Crippen molar-refractivity contribution in [1.29, 1.82) is 0 Å². The van der Waals surface area contributed by atoms with Crippen LogP contribution >= 0.6 is 11.8 Å². The van der Waals surface area contributed by atoms with Gasteiger partial charge in [0.2, 0.25) is 5.91 Å². The van der Waals surface area contributed by atoms with Gasteiger partial charge < -0.3 is 15.5 Å². The number of pyridine rings is 1. The van der Waals surface area contributed by atoms with Crippen LogP contribution < -0.4 is 10.0 Å². The predicted octanol–water partition coefficient (Wildman–Crippen LogP) is 2.84. The maximum Gasteiger partial charge on any atom is 0.251 e. The number of nitrogens with zero attached hydrogens (tertiary/aromatic N) is 1. The number of amides is 1. The van der Waals surface area contributed by atoms with E-state index in [1.54, 1.807) is 18.2 Å². The molecule has 0 saturated heterocycles. The number of hydrogen-bond acceptors (Lipinski definition) is 3. The smallest absolute Gasteiger partial charge is 0.251 e. The molecule has 0 radical (unpaired) electrons. The van der Waals surface area contributed by atoms with E-state index in [1.165, 1.54) is 18.0 Å². The number of carbonyl (C=O) groups is 1. The fourth-order valence-corrected chi connectivity index (χ4v) is 2.93. The Labute approximate surface area is 131 Å². The summed E-state index contributed by atoms with van der Waals surface area (Å²) in [5.41, 5.74) is 2.87. The molecule has 0 aliphatic carbocycles. The summed E-state index contributed by atoms with van der Waals surface area (Å²) in [6.45, 7) is 1.99. The first-order valence-electron chi connectivity index (χ1n) is 6.82. The van der Waals surface area contributed by atoms with E-state index in [0.717, 1.165) is 27.0 Å². The van der Waals surface area contributed by atoms with Gasteiger partial charge in [-0.15, -0.1) is 0 Å². The molecule has 2 N–H and O–H groups in total. The maximum atomic E-state index is 12.0. The molecule has 0 aliphatic rings. The van der Waals surface area contributed by atoms with E-state index >= 15 is 0 Å². The summed E-state index contributed by atoms with van der Waals surface area (Å²) in [6, 6.07) is 12.9. The molecule has 1 amide bonds. The number of rotatable bonds is 4. The average molecular weight is 313 g/mol. The monoisotopic (exact) mass is 313 g/mol. The molecule has 0 fully saturated rings. The number of hydrogen-bond donors (Lipinski definition) is 2. The van der Waals surface area contributed by atoms with Crippen molar-refractivity contribution in [3.63, 3.8) is 0 Å². The molecule has 3 aromatic rings. The third-order valence-corrected chi connectivity index (χ3v) is 4.20. The number of thioether (sulfide) groups is 1. The summed E-state index contributed by atoms with van der Waals surface area (Å²) in [5, 5.41) is 15.9. The fraction of sp³-hybridized carbons (Fsp3) is 0.125. The van der Waals surface area contributed by atoms with Gasteiger partial charge in [-0.1, -0.05) is 0 Å². The topological polar surface area (TPSA) is 71.8 Å². The Hall–Kier alpha value is -2.47. The molecule has 112 valence electrons. The van der Waals surface area contributed by atoms with Crippen LogP contribution in [0.5, 0.6) is 0 Å². The molecule has 22 heavy (non-hydrogen) atoms. The highest BCUT2D eigenvalue weighted by Gasteiger charge is 2.09. The van der Waals surface area contributed by atoms with Crippen LogP contribution in [0.1, 0.15) is 5.69 Å². The Morgan fingerprint density at radius 1 is 1.32 bits per heavy atom. The molecule has 0 saturated carbocycles. The first kappa shape index (κ1) is 14.5. The van der Waals surface area contributed by atoms with E-state index < -0.39 is 0 Å². The second-order valence-corrected chi connectivity index (χ2v) is 5.95. The van der Waals surface area contributed by atoms with E-state index in [4.69, 9.17) is 0 Å². The van der Waals surface area contributed by atoms with Crippen LogP contribution in [0.15, 0.2) is 53.7 Å². The molecule has 0 unspecified atom stereocenters. The lowest BCUT2D eigenvalue weighted by atomic mass is 10.2. The van der Waals surface area contributed by atoms with Crippen molar-refractivity contribution in [1.82, 2.24) is 4.98 Å². The van der Waals surface area contributed by atoms with Gasteiger partial charge in [0.1, 0.15) is 0 Å². The van der Waals surface area contributed by atoms with Crippen molar-refractivity contribution in [2.45, 2.75) is 11.9 Å². The molecule has 3 rings (SSSR count). The summed E-state index contributed by atoms with van der Waals surface area (Å²) in [6.07, 6.45) is 1.42. The Morgan fingerprint density at radius 2 is 2.18 bits per heavy atom. The van der Waals surface area contributed by atoms with Crippen LogP contribution in [0.4, 0.5) is 5.69 Å². The van der Waals surface area contributed by atoms with E-state index in [9.17, 15) is 10.0 Å². The van der Waals surface area contributed by atoms with Gasteiger partial charge in [0.25, 0.3) is 5.03 Å². The van der Waals surface area contributed by atoms with Crippen LogP contribution in [0.25, 0.3) is 10.9 Å². The summed E-state index contributed by atoms with van der Waals surface area (Å²) in [5.74, 6) is 0.0525. The van der Waals surface area contributed by atoms with Crippen LogP contribution in [0, 0.1) is 12.1 Å². The molecule has 0 spiro atoms. The number of aromatic amines is 1. The molecule has 6 heteroatoms. The standard InChI is InChI=1S/C16H15N3O2S/c1-11-8-12-9-13(5-6-14(12)17-11)18-15(20)10-22-16-4-2-3-7-19(16)21/h2-9,17H,10H2,1H3,(H,18,20). The Morgan fingerprint density at radius 3 is 3.00 bits per heavy atom. The fourth-order valence-electron chi connectivity index (χ4n) is 2.22. The molecule has 5 nitrogen and oxygen atoms in total. The molecule has 2 heterocycles. The highest BCUT2D eigenvalue weighted by atomic mass is 32.2. The second-order valence-electron chi connectivity index (χ2n) is 4.96. The Kier molecular flexibility index (Phi) is 4.02. The zero-order valence-electron chi connectivity index (χ0n) is 12.0. The van der Waals surface area contributed by atoms with Gasteiger partial charge in [0.15, 0.2) is 6.20 Å². The highest BCUT2D eigenvalue weighted by Crippen LogP contribution is 2.20. The minimum Gasteiger partial charge on any atom is -0.618 e. The first-order chi connectivity index (χ1) is 10.6. The van der Waals surface area contributed by atoms with Crippen LogP contribution in [0.3, 0.4) is 0 Å². The molecular formula is C16H15N3O2S. The van der Waals surface area contributed by atoms with Gasteiger partial charge in [-0.3, -0.25) is 4.79 Å². The largest absolute Gasteiger partial charge is 0.618 e. The SMILES string of the molecule is Cc1cc2cc(NC(=O)CSc3cccc[n+]3[O-])ccc2[nH]1. The minimum atomic E-state index is -0.138. The van der Waals surface area contributed by atoms with Crippen molar-refractivity contribution in [2.75, 3.05) is 11.1 Å². The highest BCUT2D eigenvalue weighted by molar-refractivity contribution is 7.99. The van der Waals surface area contributed by atoms with Gasteiger partial charge in [-0.2, -0.15) is 4.73 Å². The Balaban J connectivity index is 1.64. The van der Waals surface area contributed by atoms with Gasteiger partial charge in [0.05, 0.1) is 5.75 Å². The number of H-pyrrole nitrogens is 1. The summed E-state index contributed by atoms with van der Waals surface area (Å²) in [4.78, 5) is 15.2. The lowest BCUT2D eigenvalue weighted by Crippen LogP contribution is -2.28. The number of nitrogens with one attached hydrogen (secondary N) is 2. The lowest BCUT2D eigenvalue weighted by Gasteiger charge is -2.05. The Bertz CT molecular complexity index is 829. The number of fused-ring (bicyclic) bond motifs is 1. The normalized spacial score (nSPS) is 10.8. The van der Waals surface area contributed by atoms with Crippen molar-refractivity contribution in [2.24, 2.45) is 0 Å². The third kappa shape index (κ3) is 3.23. The quantitative estimate of drug-likeness (QED) is 0.442. The van der Waals surface area contributed by atoms with E-state index in [2.05, 4.69) is 10.3 Å². The second kappa shape index (κ2) is 6.11. The zero-order chi connectivity index (χ0) is 15.5. The third-order valence-electron chi connectivity index (χ3n) is 3.18. The zero-order valence-corrected chi connectivity index (χ0v) is 12.8.